The Balaban J connectivity index is 2.32. The normalized spacial score (nSPS) is 23.2. The Labute approximate surface area is 104 Å². The molecule has 17 heavy (non-hydrogen) atoms. The third-order valence-electron chi connectivity index (χ3n) is 2.81. The molecule has 5 nitrogen and oxygen atoms in total. The first kappa shape index (κ1) is 14.9. The van der Waals surface area contributed by atoms with E-state index >= 15 is 0 Å². The summed E-state index contributed by atoms with van der Waals surface area (Å²) in [5.41, 5.74) is 0. The van der Waals surface area contributed by atoms with Crippen LogP contribution >= 0.6 is 0 Å². The van der Waals surface area contributed by atoms with E-state index in [1.165, 1.54) is 0 Å². The summed E-state index contributed by atoms with van der Waals surface area (Å²) in [4.78, 5) is 0. The maximum Gasteiger partial charge on any atom is 0.213 e. The highest BCUT2D eigenvalue weighted by atomic mass is 32.2. The van der Waals surface area contributed by atoms with Crippen molar-refractivity contribution in [3.8, 4) is 0 Å². The molecule has 0 radical (unpaired) electrons. The molecule has 0 bridgehead atoms. The molecule has 1 fully saturated rings. The van der Waals surface area contributed by atoms with Crippen molar-refractivity contribution in [3.05, 3.63) is 0 Å². The van der Waals surface area contributed by atoms with E-state index in [0.29, 0.717) is 12.6 Å². The van der Waals surface area contributed by atoms with E-state index in [2.05, 4.69) is 10.0 Å². The Bertz CT molecular complexity index is 311. The molecule has 2 unspecified atom stereocenters. The molecule has 102 valence electrons. The first-order valence-electron chi connectivity index (χ1n) is 6.26. The van der Waals surface area contributed by atoms with Gasteiger partial charge in [0, 0.05) is 25.2 Å². The van der Waals surface area contributed by atoms with Crippen molar-refractivity contribution < 1.29 is 13.2 Å². The summed E-state index contributed by atoms with van der Waals surface area (Å²) in [6, 6.07) is 0.169. The molecule has 0 spiro atoms. The van der Waals surface area contributed by atoms with Crippen LogP contribution in [0.3, 0.4) is 0 Å². The molecule has 0 saturated carbocycles. The number of hydrogen-bond acceptors (Lipinski definition) is 4. The van der Waals surface area contributed by atoms with Gasteiger partial charge in [-0.3, -0.25) is 0 Å². The first-order chi connectivity index (χ1) is 7.91. The minimum Gasteiger partial charge on any atom is -0.377 e. The number of sulfonamides is 1. The second-order valence-electron chi connectivity index (χ2n) is 4.89. The van der Waals surface area contributed by atoms with E-state index in [1.54, 1.807) is 0 Å². The van der Waals surface area contributed by atoms with E-state index in [1.807, 2.05) is 20.8 Å². The van der Waals surface area contributed by atoms with Gasteiger partial charge in [-0.25, -0.2) is 13.1 Å². The largest absolute Gasteiger partial charge is 0.377 e. The molecular weight excluding hydrogens is 240 g/mol. The first-order valence-corrected chi connectivity index (χ1v) is 7.91. The number of hydrogen-bond donors (Lipinski definition) is 2. The topological polar surface area (TPSA) is 67.4 Å². The lowest BCUT2D eigenvalue weighted by Gasteiger charge is -2.20. The summed E-state index contributed by atoms with van der Waals surface area (Å²) < 4.78 is 31.7. The van der Waals surface area contributed by atoms with Crippen LogP contribution in [0.5, 0.6) is 0 Å². The highest BCUT2D eigenvalue weighted by Crippen LogP contribution is 2.15. The predicted molar refractivity (Wildman–Crippen MR) is 68.5 cm³/mol. The van der Waals surface area contributed by atoms with Crippen LogP contribution in [-0.4, -0.2) is 45.5 Å². The fraction of sp³-hybridized carbons (Fsp3) is 1.00. The van der Waals surface area contributed by atoms with Crippen LogP contribution in [0.25, 0.3) is 0 Å². The standard InChI is InChI=1S/C11H24N2O3S/c1-9(2)12-6-8-17(14,15)13-10(3)11-5-4-7-16-11/h9-13H,4-8H2,1-3H3. The average molecular weight is 264 g/mol. The SMILES string of the molecule is CC(C)NCCS(=O)(=O)NC(C)C1CCCO1. The molecule has 0 aromatic rings. The molecule has 1 rings (SSSR count). The smallest absolute Gasteiger partial charge is 0.213 e. The van der Waals surface area contributed by atoms with Crippen molar-refractivity contribution in [2.75, 3.05) is 18.9 Å². The van der Waals surface area contributed by atoms with Gasteiger partial charge in [0.1, 0.15) is 0 Å². The minimum absolute atomic E-state index is 0.0304. The Kier molecular flexibility index (Phi) is 5.85. The molecule has 0 aromatic carbocycles. The zero-order valence-electron chi connectivity index (χ0n) is 10.9. The van der Waals surface area contributed by atoms with Gasteiger partial charge in [-0.2, -0.15) is 0 Å². The second kappa shape index (κ2) is 6.68. The van der Waals surface area contributed by atoms with Crippen molar-refractivity contribution in [2.24, 2.45) is 0 Å². The lowest BCUT2D eigenvalue weighted by molar-refractivity contribution is 0.0902. The van der Waals surface area contributed by atoms with Gasteiger partial charge in [0.15, 0.2) is 0 Å². The number of ether oxygens (including phenoxy) is 1. The lowest BCUT2D eigenvalue weighted by atomic mass is 10.1. The van der Waals surface area contributed by atoms with E-state index in [9.17, 15) is 8.42 Å². The van der Waals surface area contributed by atoms with Gasteiger partial charge in [0.05, 0.1) is 11.9 Å². The van der Waals surface area contributed by atoms with Gasteiger partial charge in [0.2, 0.25) is 10.0 Å². The van der Waals surface area contributed by atoms with Crippen LogP contribution in [0.4, 0.5) is 0 Å². The maximum atomic E-state index is 11.8. The van der Waals surface area contributed by atoms with Gasteiger partial charge in [-0.05, 0) is 19.8 Å². The third kappa shape index (κ3) is 5.81. The fourth-order valence-corrected chi connectivity index (χ4v) is 3.12. The van der Waals surface area contributed by atoms with Crippen LogP contribution in [0.1, 0.15) is 33.6 Å². The summed E-state index contributed by atoms with van der Waals surface area (Å²) in [6.07, 6.45) is 1.99. The van der Waals surface area contributed by atoms with Crippen molar-refractivity contribution in [2.45, 2.75) is 51.8 Å². The summed E-state index contributed by atoms with van der Waals surface area (Å²) in [5, 5.41) is 3.09. The van der Waals surface area contributed by atoms with Gasteiger partial charge < -0.3 is 10.1 Å². The highest BCUT2D eigenvalue weighted by Gasteiger charge is 2.25. The summed E-state index contributed by atoms with van der Waals surface area (Å²) >= 11 is 0. The Hall–Kier alpha value is -0.170. The Morgan fingerprint density at radius 2 is 2.06 bits per heavy atom. The van der Waals surface area contributed by atoms with E-state index in [0.717, 1.165) is 19.4 Å². The van der Waals surface area contributed by atoms with Crippen LogP contribution in [0, 0.1) is 0 Å². The van der Waals surface area contributed by atoms with Crippen molar-refractivity contribution in [3.63, 3.8) is 0 Å². The molecule has 1 saturated heterocycles. The van der Waals surface area contributed by atoms with Gasteiger partial charge in [0.25, 0.3) is 0 Å². The maximum absolute atomic E-state index is 11.8. The van der Waals surface area contributed by atoms with E-state index < -0.39 is 10.0 Å². The summed E-state index contributed by atoms with van der Waals surface area (Å²) in [7, 11) is -3.21. The molecule has 0 aliphatic carbocycles. The fourth-order valence-electron chi connectivity index (χ4n) is 1.90. The quantitative estimate of drug-likeness (QED) is 0.701. The van der Waals surface area contributed by atoms with Crippen LogP contribution in [-0.2, 0) is 14.8 Å². The molecule has 2 N–H and O–H groups in total. The van der Waals surface area contributed by atoms with Crippen LogP contribution < -0.4 is 10.0 Å². The van der Waals surface area contributed by atoms with Crippen LogP contribution in [0.15, 0.2) is 0 Å². The zero-order chi connectivity index (χ0) is 12.9. The van der Waals surface area contributed by atoms with E-state index in [-0.39, 0.29) is 17.9 Å². The average Bonchev–Trinajstić information content (AvgIpc) is 2.68. The van der Waals surface area contributed by atoms with Crippen molar-refractivity contribution in [1.29, 1.82) is 0 Å². The second-order valence-corrected chi connectivity index (χ2v) is 6.76. The zero-order valence-corrected chi connectivity index (χ0v) is 11.7. The predicted octanol–water partition coefficient (Wildman–Crippen LogP) is 0.471. The summed E-state index contributed by atoms with van der Waals surface area (Å²) in [6.45, 7) is 7.07. The molecule has 0 aromatic heterocycles. The Morgan fingerprint density at radius 3 is 2.59 bits per heavy atom. The lowest BCUT2D eigenvalue weighted by Crippen LogP contribution is -2.43. The molecule has 1 aliphatic heterocycles. The molecule has 2 atom stereocenters. The number of rotatable bonds is 7. The number of nitrogens with one attached hydrogen (secondary N) is 2. The Morgan fingerprint density at radius 1 is 1.35 bits per heavy atom. The monoisotopic (exact) mass is 264 g/mol. The third-order valence-corrected chi connectivity index (χ3v) is 4.28. The molecule has 1 heterocycles. The highest BCUT2D eigenvalue weighted by molar-refractivity contribution is 7.89. The molecule has 0 amide bonds. The van der Waals surface area contributed by atoms with Crippen LogP contribution in [0.2, 0.25) is 0 Å². The van der Waals surface area contributed by atoms with Crippen molar-refractivity contribution >= 4 is 10.0 Å². The molecule has 6 heteroatoms. The van der Waals surface area contributed by atoms with Crippen molar-refractivity contribution in [1.82, 2.24) is 10.0 Å². The molecule has 1 aliphatic rings. The van der Waals surface area contributed by atoms with Gasteiger partial charge in [-0.15, -0.1) is 0 Å². The van der Waals surface area contributed by atoms with Gasteiger partial charge in [-0.1, -0.05) is 13.8 Å². The minimum atomic E-state index is -3.21. The summed E-state index contributed by atoms with van der Waals surface area (Å²) in [5.74, 6) is 0.113. The van der Waals surface area contributed by atoms with Gasteiger partial charge >= 0.3 is 0 Å². The van der Waals surface area contributed by atoms with E-state index in [4.69, 9.17) is 4.74 Å². The molecular formula is C11H24N2O3S.